The lowest BCUT2D eigenvalue weighted by atomic mass is 10.1. The van der Waals surface area contributed by atoms with Crippen molar-refractivity contribution in [3.05, 3.63) is 11.3 Å². The molecule has 0 aliphatic carbocycles. The number of aromatic amines is 1. The van der Waals surface area contributed by atoms with E-state index in [0.29, 0.717) is 6.54 Å². The van der Waals surface area contributed by atoms with Crippen LogP contribution >= 0.6 is 0 Å². The lowest BCUT2D eigenvalue weighted by Gasteiger charge is -2.44. The Labute approximate surface area is 132 Å². The number of anilines is 1. The molecule has 1 aliphatic rings. The largest absolute Gasteiger partial charge is 0.444 e. The fourth-order valence-corrected chi connectivity index (χ4v) is 2.75. The van der Waals surface area contributed by atoms with E-state index in [2.05, 4.69) is 35.9 Å². The molecule has 1 aromatic rings. The first-order valence-corrected chi connectivity index (χ1v) is 7.88. The highest BCUT2D eigenvalue weighted by Gasteiger charge is 2.35. The minimum absolute atomic E-state index is 0.0856. The van der Waals surface area contributed by atoms with Crippen molar-refractivity contribution in [2.75, 3.05) is 18.0 Å². The molecular formula is C16H28N4O2. The quantitative estimate of drug-likeness (QED) is 0.866. The number of ether oxygens (including phenoxy) is 1. The molecule has 1 aliphatic heterocycles. The third kappa shape index (κ3) is 3.36. The Morgan fingerprint density at radius 1 is 1.23 bits per heavy atom. The van der Waals surface area contributed by atoms with Gasteiger partial charge in [-0.05, 0) is 48.5 Å². The van der Waals surface area contributed by atoms with Crippen LogP contribution in [0.4, 0.5) is 10.6 Å². The monoisotopic (exact) mass is 308 g/mol. The minimum Gasteiger partial charge on any atom is -0.444 e. The van der Waals surface area contributed by atoms with E-state index in [9.17, 15) is 4.79 Å². The Kier molecular flexibility index (Phi) is 4.40. The molecule has 0 bridgehead atoms. The van der Waals surface area contributed by atoms with E-state index in [-0.39, 0.29) is 18.2 Å². The normalized spacial score (nSPS) is 22.9. The van der Waals surface area contributed by atoms with Gasteiger partial charge in [0.25, 0.3) is 0 Å². The Balaban J connectivity index is 2.12. The second kappa shape index (κ2) is 5.82. The van der Waals surface area contributed by atoms with Crippen LogP contribution in [0.5, 0.6) is 0 Å². The Morgan fingerprint density at radius 2 is 1.86 bits per heavy atom. The van der Waals surface area contributed by atoms with E-state index < -0.39 is 5.60 Å². The van der Waals surface area contributed by atoms with Crippen molar-refractivity contribution in [1.82, 2.24) is 15.1 Å². The number of rotatable bonds is 1. The number of aromatic nitrogens is 2. The van der Waals surface area contributed by atoms with Crippen LogP contribution in [0.25, 0.3) is 0 Å². The van der Waals surface area contributed by atoms with Gasteiger partial charge in [-0.15, -0.1) is 0 Å². The SMILES string of the molecule is Cc1[nH]nc(N2C[C@@H](C)N(C(=O)OC(C)(C)C)C[C@H]2C)c1C. The molecule has 1 N–H and O–H groups in total. The average Bonchev–Trinajstić information content (AvgIpc) is 2.70. The summed E-state index contributed by atoms with van der Waals surface area (Å²) in [6.45, 7) is 15.3. The zero-order valence-electron chi connectivity index (χ0n) is 14.7. The summed E-state index contributed by atoms with van der Waals surface area (Å²) in [7, 11) is 0. The van der Waals surface area contributed by atoms with Crippen LogP contribution in [-0.2, 0) is 4.74 Å². The van der Waals surface area contributed by atoms with Gasteiger partial charge in [0, 0.05) is 36.4 Å². The van der Waals surface area contributed by atoms with Crippen molar-refractivity contribution >= 4 is 11.9 Å². The second-order valence-corrected chi connectivity index (χ2v) is 7.28. The molecule has 22 heavy (non-hydrogen) atoms. The molecule has 0 saturated carbocycles. The zero-order chi connectivity index (χ0) is 16.7. The number of nitrogens with zero attached hydrogens (tertiary/aromatic N) is 3. The molecule has 6 heteroatoms. The van der Waals surface area contributed by atoms with Gasteiger partial charge in [-0.3, -0.25) is 5.10 Å². The third-order valence-electron chi connectivity index (χ3n) is 4.11. The van der Waals surface area contributed by atoms with E-state index in [4.69, 9.17) is 4.74 Å². The molecule has 0 aromatic carbocycles. The van der Waals surface area contributed by atoms with Crippen LogP contribution in [0.15, 0.2) is 0 Å². The van der Waals surface area contributed by atoms with Gasteiger partial charge in [0.2, 0.25) is 0 Å². The molecule has 1 saturated heterocycles. The van der Waals surface area contributed by atoms with Gasteiger partial charge in [0.05, 0.1) is 0 Å². The number of amides is 1. The van der Waals surface area contributed by atoms with Gasteiger partial charge in [-0.1, -0.05) is 0 Å². The lowest BCUT2D eigenvalue weighted by Crippen LogP contribution is -2.59. The van der Waals surface area contributed by atoms with Crippen molar-refractivity contribution in [3.63, 3.8) is 0 Å². The predicted octanol–water partition coefficient (Wildman–Crippen LogP) is 2.86. The maximum atomic E-state index is 12.3. The average molecular weight is 308 g/mol. The zero-order valence-corrected chi connectivity index (χ0v) is 14.7. The minimum atomic E-state index is -0.465. The molecule has 0 spiro atoms. The fraction of sp³-hybridized carbons (Fsp3) is 0.750. The Bertz CT molecular complexity index is 547. The fourth-order valence-electron chi connectivity index (χ4n) is 2.75. The van der Waals surface area contributed by atoms with Crippen LogP contribution in [0.1, 0.15) is 45.9 Å². The maximum Gasteiger partial charge on any atom is 0.410 e. The van der Waals surface area contributed by atoms with Gasteiger partial charge in [0.1, 0.15) is 5.60 Å². The number of carbonyl (C=O) groups excluding carboxylic acids is 1. The van der Waals surface area contributed by atoms with Crippen molar-refractivity contribution in [2.24, 2.45) is 0 Å². The van der Waals surface area contributed by atoms with Gasteiger partial charge >= 0.3 is 6.09 Å². The highest BCUT2D eigenvalue weighted by molar-refractivity contribution is 5.69. The van der Waals surface area contributed by atoms with E-state index in [0.717, 1.165) is 18.1 Å². The highest BCUT2D eigenvalue weighted by Crippen LogP contribution is 2.26. The summed E-state index contributed by atoms with van der Waals surface area (Å²) in [5, 5.41) is 7.46. The van der Waals surface area contributed by atoms with E-state index in [1.165, 1.54) is 5.56 Å². The van der Waals surface area contributed by atoms with Gasteiger partial charge in [-0.2, -0.15) is 5.10 Å². The number of hydrogen-bond donors (Lipinski definition) is 1. The molecule has 2 heterocycles. The summed E-state index contributed by atoms with van der Waals surface area (Å²) >= 11 is 0. The number of aryl methyl sites for hydroxylation is 1. The molecule has 2 rings (SSSR count). The summed E-state index contributed by atoms with van der Waals surface area (Å²) in [6, 6.07) is 0.285. The molecule has 6 nitrogen and oxygen atoms in total. The molecule has 124 valence electrons. The molecule has 1 fully saturated rings. The molecular weight excluding hydrogens is 280 g/mol. The number of hydrogen-bond acceptors (Lipinski definition) is 4. The standard InChI is InChI=1S/C16H28N4O2/c1-10-9-20(15(21)22-16(5,6)7)11(2)8-19(10)14-12(3)13(4)17-18-14/h10-11H,8-9H2,1-7H3,(H,17,18)/t10-,11-/m1/s1. The van der Waals surface area contributed by atoms with Crippen LogP contribution in [0, 0.1) is 13.8 Å². The van der Waals surface area contributed by atoms with Crippen molar-refractivity contribution < 1.29 is 9.53 Å². The summed E-state index contributed by atoms with van der Waals surface area (Å²) in [5.74, 6) is 0.987. The number of piperazine rings is 1. The number of carbonyl (C=O) groups is 1. The van der Waals surface area contributed by atoms with Crippen LogP contribution in [-0.4, -0.2) is 52.0 Å². The molecule has 1 amide bonds. The molecule has 2 atom stereocenters. The topological polar surface area (TPSA) is 61.5 Å². The summed E-state index contributed by atoms with van der Waals surface area (Å²) in [4.78, 5) is 16.4. The third-order valence-corrected chi connectivity index (χ3v) is 4.11. The smallest absolute Gasteiger partial charge is 0.410 e. The van der Waals surface area contributed by atoms with Crippen molar-refractivity contribution in [3.8, 4) is 0 Å². The van der Waals surface area contributed by atoms with Gasteiger partial charge < -0.3 is 14.5 Å². The first-order chi connectivity index (χ1) is 10.1. The summed E-state index contributed by atoms with van der Waals surface area (Å²) < 4.78 is 5.51. The number of nitrogens with one attached hydrogen (secondary N) is 1. The Hall–Kier alpha value is -1.72. The highest BCUT2D eigenvalue weighted by atomic mass is 16.6. The van der Waals surface area contributed by atoms with Crippen LogP contribution in [0.2, 0.25) is 0 Å². The molecule has 0 radical (unpaired) electrons. The maximum absolute atomic E-state index is 12.3. The van der Waals surface area contributed by atoms with Crippen LogP contribution < -0.4 is 4.90 Å². The molecule has 1 aromatic heterocycles. The van der Waals surface area contributed by atoms with Gasteiger partial charge in [-0.25, -0.2) is 4.79 Å². The van der Waals surface area contributed by atoms with E-state index >= 15 is 0 Å². The van der Waals surface area contributed by atoms with Gasteiger partial charge in [0.15, 0.2) is 5.82 Å². The summed E-state index contributed by atoms with van der Waals surface area (Å²) in [6.07, 6.45) is -0.235. The second-order valence-electron chi connectivity index (χ2n) is 7.28. The van der Waals surface area contributed by atoms with Crippen molar-refractivity contribution in [2.45, 2.75) is 66.2 Å². The lowest BCUT2D eigenvalue weighted by molar-refractivity contribution is 0.0130. The number of H-pyrrole nitrogens is 1. The first-order valence-electron chi connectivity index (χ1n) is 7.88. The van der Waals surface area contributed by atoms with Crippen molar-refractivity contribution in [1.29, 1.82) is 0 Å². The Morgan fingerprint density at radius 3 is 2.36 bits per heavy atom. The van der Waals surface area contributed by atoms with Crippen LogP contribution in [0.3, 0.4) is 0 Å². The molecule has 0 unspecified atom stereocenters. The first kappa shape index (κ1) is 16.6. The predicted molar refractivity (Wildman–Crippen MR) is 87.3 cm³/mol. The van der Waals surface area contributed by atoms with E-state index in [1.807, 2.05) is 32.6 Å². The van der Waals surface area contributed by atoms with E-state index in [1.54, 1.807) is 0 Å². The summed E-state index contributed by atoms with van der Waals surface area (Å²) in [5.41, 5.74) is 1.79.